The number of Topliss-reactive ketones (excluding diaryl/α,β-unsaturated/α-hetero) is 1. The highest BCUT2D eigenvalue weighted by molar-refractivity contribution is 7.90. The molecule has 0 atom stereocenters. The number of piperazine rings is 1. The Hall–Kier alpha value is -3.18. The molecule has 0 amide bonds. The van der Waals surface area contributed by atoms with E-state index in [9.17, 15) is 22.4 Å². The van der Waals surface area contributed by atoms with E-state index in [4.69, 9.17) is 5.11 Å². The van der Waals surface area contributed by atoms with Gasteiger partial charge in [0.15, 0.2) is 15.6 Å². The quantitative estimate of drug-likeness (QED) is 0.426. The van der Waals surface area contributed by atoms with Crippen molar-refractivity contribution in [3.63, 3.8) is 0 Å². The molecule has 4 rings (SSSR count). The van der Waals surface area contributed by atoms with Gasteiger partial charge in [0.05, 0.1) is 34.6 Å². The number of rotatable bonds is 11. The molecule has 1 aromatic heterocycles. The highest BCUT2D eigenvalue weighted by atomic mass is 32.2. The highest BCUT2D eigenvalue weighted by Gasteiger charge is 2.30. The molecule has 0 radical (unpaired) electrons. The molecule has 0 bridgehead atoms. The average Bonchev–Trinajstić information content (AvgIpc) is 3.29. The fraction of sp³-hybridized carbons (Fsp3) is 0.444. The molecule has 1 fully saturated rings. The number of aromatic nitrogens is 1. The van der Waals surface area contributed by atoms with E-state index in [1.807, 2.05) is 6.07 Å². The molecule has 1 aliphatic heterocycles. The van der Waals surface area contributed by atoms with Gasteiger partial charge in [0, 0.05) is 55.7 Å². The summed E-state index contributed by atoms with van der Waals surface area (Å²) in [5.74, 6) is -4.56. The van der Waals surface area contributed by atoms with Crippen LogP contribution >= 0.6 is 0 Å². The van der Waals surface area contributed by atoms with Crippen LogP contribution in [-0.2, 0) is 26.8 Å². The zero-order valence-corrected chi connectivity index (χ0v) is 22.1. The second-order valence-corrected chi connectivity index (χ2v) is 11.8. The Morgan fingerprint density at radius 3 is 2.55 bits per heavy atom. The third-order valence-electron chi connectivity index (χ3n) is 6.88. The van der Waals surface area contributed by atoms with Gasteiger partial charge in [-0.1, -0.05) is 19.1 Å². The van der Waals surface area contributed by atoms with E-state index < -0.39 is 44.5 Å². The molecule has 204 valence electrons. The monoisotopic (exact) mass is 547 g/mol. The minimum Gasteiger partial charge on any atom is -0.481 e. The van der Waals surface area contributed by atoms with Crippen LogP contribution in [-0.4, -0.2) is 73.6 Å². The van der Waals surface area contributed by atoms with Gasteiger partial charge in [0.2, 0.25) is 0 Å². The van der Waals surface area contributed by atoms with Gasteiger partial charge in [-0.3, -0.25) is 19.5 Å². The van der Waals surface area contributed by atoms with Crippen molar-refractivity contribution in [3.05, 3.63) is 64.5 Å². The highest BCUT2D eigenvalue weighted by Crippen LogP contribution is 2.34. The van der Waals surface area contributed by atoms with E-state index in [1.165, 1.54) is 0 Å². The molecular weight excluding hydrogens is 516 g/mol. The van der Waals surface area contributed by atoms with Gasteiger partial charge in [-0.15, -0.1) is 0 Å². The zero-order chi connectivity index (χ0) is 27.4. The number of carboxylic acid groups (broad SMARTS) is 1. The number of benzene rings is 1. The largest absolute Gasteiger partial charge is 0.481 e. The number of carbonyl (C=O) groups excluding carboxylic acids is 1. The summed E-state index contributed by atoms with van der Waals surface area (Å²) in [6, 6.07) is 3.82. The second-order valence-electron chi connectivity index (χ2n) is 9.65. The maximum atomic E-state index is 15.3. The summed E-state index contributed by atoms with van der Waals surface area (Å²) >= 11 is 0. The summed E-state index contributed by atoms with van der Waals surface area (Å²) in [4.78, 5) is 32.9. The SMILES string of the molecule is CCCS(=O)(=O)Cc1ccc(F)c(C(=O)C2=CCc3ncc(N4CCN(CCCC(=O)O)CC4)cc32)c1F. The molecule has 38 heavy (non-hydrogen) atoms. The predicted octanol–water partition coefficient (Wildman–Crippen LogP) is 3.49. The van der Waals surface area contributed by atoms with Crippen molar-refractivity contribution in [1.82, 2.24) is 9.88 Å². The van der Waals surface area contributed by atoms with E-state index >= 15 is 4.39 Å². The Morgan fingerprint density at radius 1 is 1.13 bits per heavy atom. The van der Waals surface area contributed by atoms with Crippen LogP contribution in [0, 0.1) is 11.6 Å². The van der Waals surface area contributed by atoms with Gasteiger partial charge < -0.3 is 10.0 Å². The predicted molar refractivity (Wildman–Crippen MR) is 140 cm³/mol. The van der Waals surface area contributed by atoms with Crippen LogP contribution in [0.3, 0.4) is 0 Å². The molecule has 8 nitrogen and oxygen atoms in total. The number of carboxylic acids is 1. The Bertz CT molecular complexity index is 1370. The van der Waals surface area contributed by atoms with Gasteiger partial charge in [0.1, 0.15) is 11.6 Å². The van der Waals surface area contributed by atoms with E-state index in [0.29, 0.717) is 50.2 Å². The Kier molecular flexibility index (Phi) is 8.57. The molecule has 1 aromatic carbocycles. The number of anilines is 1. The van der Waals surface area contributed by atoms with Crippen LogP contribution < -0.4 is 4.90 Å². The number of hydrogen-bond acceptors (Lipinski definition) is 7. The lowest BCUT2D eigenvalue weighted by molar-refractivity contribution is -0.137. The fourth-order valence-electron chi connectivity index (χ4n) is 4.93. The Labute approximate surface area is 220 Å². The number of sulfone groups is 1. The van der Waals surface area contributed by atoms with E-state index in [0.717, 1.165) is 30.9 Å². The molecule has 2 aromatic rings. The molecule has 0 spiro atoms. The lowest BCUT2D eigenvalue weighted by atomic mass is 9.97. The fourth-order valence-corrected chi connectivity index (χ4v) is 6.39. The first-order valence-electron chi connectivity index (χ1n) is 12.7. The number of pyridine rings is 1. The van der Waals surface area contributed by atoms with Crippen LogP contribution in [0.2, 0.25) is 0 Å². The van der Waals surface area contributed by atoms with Crippen molar-refractivity contribution in [2.24, 2.45) is 0 Å². The summed E-state index contributed by atoms with van der Waals surface area (Å²) in [6.45, 7) is 5.29. The van der Waals surface area contributed by atoms with E-state index in [2.05, 4.69) is 14.8 Å². The summed E-state index contributed by atoms with van der Waals surface area (Å²) in [5, 5.41) is 8.82. The van der Waals surface area contributed by atoms with E-state index in [1.54, 1.807) is 19.2 Å². The maximum absolute atomic E-state index is 15.3. The molecule has 0 saturated carbocycles. The topological polar surface area (TPSA) is 108 Å². The first-order valence-corrected chi connectivity index (χ1v) is 14.5. The number of carbonyl (C=O) groups is 2. The molecule has 2 aliphatic rings. The number of halogens is 2. The van der Waals surface area contributed by atoms with Gasteiger partial charge in [0.25, 0.3) is 0 Å². The summed E-state index contributed by atoms with van der Waals surface area (Å²) < 4.78 is 54.5. The van der Waals surface area contributed by atoms with Gasteiger partial charge in [-0.25, -0.2) is 17.2 Å². The molecule has 0 unspecified atom stereocenters. The molecule has 1 N–H and O–H groups in total. The van der Waals surface area contributed by atoms with Gasteiger partial charge >= 0.3 is 5.97 Å². The summed E-state index contributed by atoms with van der Waals surface area (Å²) in [6.07, 6.45) is 4.77. The van der Waals surface area contributed by atoms with Crippen molar-refractivity contribution in [2.75, 3.05) is 43.4 Å². The van der Waals surface area contributed by atoms with Crippen molar-refractivity contribution >= 4 is 32.9 Å². The number of allylic oxidation sites excluding steroid dienone is 2. The van der Waals surface area contributed by atoms with Crippen LogP contribution in [0.15, 0.2) is 30.5 Å². The van der Waals surface area contributed by atoms with Crippen LogP contribution in [0.1, 0.15) is 53.4 Å². The first-order chi connectivity index (χ1) is 18.1. The minimum absolute atomic E-state index is 0.128. The molecule has 11 heteroatoms. The number of hydrogen-bond donors (Lipinski definition) is 1. The van der Waals surface area contributed by atoms with Gasteiger partial charge in [-0.05, 0) is 31.5 Å². The number of aliphatic carboxylic acids is 1. The lowest BCUT2D eigenvalue weighted by Gasteiger charge is -2.36. The summed E-state index contributed by atoms with van der Waals surface area (Å²) in [7, 11) is -3.59. The number of fused-ring (bicyclic) bond motifs is 1. The van der Waals surface area contributed by atoms with Crippen LogP contribution in [0.5, 0.6) is 0 Å². The van der Waals surface area contributed by atoms with Crippen molar-refractivity contribution in [1.29, 1.82) is 0 Å². The maximum Gasteiger partial charge on any atom is 0.303 e. The second kappa shape index (κ2) is 11.7. The third kappa shape index (κ3) is 6.27. The molecular formula is C27H31F2N3O5S. The van der Waals surface area contributed by atoms with E-state index in [-0.39, 0.29) is 23.3 Å². The third-order valence-corrected chi connectivity index (χ3v) is 8.66. The summed E-state index contributed by atoms with van der Waals surface area (Å²) in [5.41, 5.74) is 1.10. The van der Waals surface area contributed by atoms with Crippen molar-refractivity contribution < 1.29 is 31.9 Å². The molecule has 1 saturated heterocycles. The normalized spacial score (nSPS) is 15.9. The van der Waals surface area contributed by atoms with Crippen molar-refractivity contribution in [3.8, 4) is 0 Å². The average molecular weight is 548 g/mol. The standard InChI is InChI=1S/C27H31F2N3O5S/c1-2-14-38(36,37)17-18-5-7-22(28)25(26(18)29)27(35)20-6-8-23-21(20)15-19(16-30-23)32-12-10-31(11-13-32)9-3-4-24(33)34/h5-7,15-16H,2-4,8-14,17H2,1H3,(H,33,34). The minimum atomic E-state index is -3.59. The number of nitrogens with zero attached hydrogens (tertiary/aromatic N) is 3. The lowest BCUT2D eigenvalue weighted by Crippen LogP contribution is -2.46. The first kappa shape index (κ1) is 27.8. The molecule has 2 heterocycles. The smallest absolute Gasteiger partial charge is 0.303 e. The van der Waals surface area contributed by atoms with Crippen molar-refractivity contribution in [2.45, 2.75) is 38.4 Å². The molecule has 1 aliphatic carbocycles. The Morgan fingerprint density at radius 2 is 1.87 bits per heavy atom. The van der Waals surface area contributed by atoms with Crippen LogP contribution in [0.25, 0.3) is 5.57 Å². The zero-order valence-electron chi connectivity index (χ0n) is 21.3. The Balaban J connectivity index is 1.52. The van der Waals surface area contributed by atoms with Crippen LogP contribution in [0.4, 0.5) is 14.5 Å². The van der Waals surface area contributed by atoms with Gasteiger partial charge in [-0.2, -0.15) is 0 Å². The number of ketones is 1.